The highest BCUT2D eigenvalue weighted by Crippen LogP contribution is 2.44. The number of unbranched alkanes of at least 4 members (excludes halogenated alkanes) is 2. The highest BCUT2D eigenvalue weighted by atomic mass is 16.5. The number of fused-ring (bicyclic) bond motifs is 3. The summed E-state index contributed by atoms with van der Waals surface area (Å²) in [6.07, 6.45) is 3.06. The zero-order chi connectivity index (χ0) is 26.9. The number of alkyl carbamates (subject to hydrolysis) is 1. The summed E-state index contributed by atoms with van der Waals surface area (Å²) < 4.78 is 10.7. The molecular formula is C32H35NO5. The van der Waals surface area contributed by atoms with Gasteiger partial charge in [0.05, 0.1) is 6.04 Å². The van der Waals surface area contributed by atoms with E-state index in [4.69, 9.17) is 9.47 Å². The summed E-state index contributed by atoms with van der Waals surface area (Å²) in [5.74, 6) is -0.422. The zero-order valence-corrected chi connectivity index (χ0v) is 22.1. The Morgan fingerprint density at radius 1 is 0.816 bits per heavy atom. The number of rotatable bonds is 12. The van der Waals surface area contributed by atoms with Crippen molar-refractivity contribution in [1.82, 2.24) is 5.32 Å². The predicted octanol–water partition coefficient (Wildman–Crippen LogP) is 6.35. The highest BCUT2D eigenvalue weighted by Gasteiger charge is 2.29. The molecule has 0 spiro atoms. The fourth-order valence-corrected chi connectivity index (χ4v) is 4.96. The Hall–Kier alpha value is -3.93. The third-order valence-electron chi connectivity index (χ3n) is 6.96. The Morgan fingerprint density at radius 3 is 2.03 bits per heavy atom. The number of Topliss-reactive ketones (excluding diaryl/α,β-unsaturated/α-hetero) is 1. The molecule has 0 aliphatic heterocycles. The lowest BCUT2D eigenvalue weighted by atomic mass is 9.98. The summed E-state index contributed by atoms with van der Waals surface area (Å²) in [6, 6.07) is 23.2. The molecule has 1 amide bonds. The largest absolute Gasteiger partial charge is 0.461 e. The van der Waals surface area contributed by atoms with Crippen LogP contribution >= 0.6 is 0 Å². The second-order valence-electron chi connectivity index (χ2n) is 9.76. The maximum atomic E-state index is 13.2. The van der Waals surface area contributed by atoms with Crippen molar-refractivity contribution in [2.24, 2.45) is 0 Å². The standard InChI is InChI=1S/C32H35NO5/c1-3-4-5-14-30(31(35)19-23-15-17-24(18-16-23)20-37-22(2)34)33-32(36)38-21-29-27-12-8-6-10-25(27)26-11-7-9-13-28(26)29/h6-13,15-18,29-30H,3-5,14,19-21H2,1-2H3,(H,33,36)/t30-/m0/s1. The molecule has 6 heteroatoms. The summed E-state index contributed by atoms with van der Waals surface area (Å²) >= 11 is 0. The first-order valence-corrected chi connectivity index (χ1v) is 13.3. The average molecular weight is 514 g/mol. The molecule has 0 saturated carbocycles. The number of ether oxygens (including phenoxy) is 2. The van der Waals surface area contributed by atoms with Crippen LogP contribution in [0.5, 0.6) is 0 Å². The number of amides is 1. The quantitative estimate of drug-likeness (QED) is 0.225. The van der Waals surface area contributed by atoms with Gasteiger partial charge in [0.1, 0.15) is 13.2 Å². The summed E-state index contributed by atoms with van der Waals surface area (Å²) in [4.78, 5) is 37.1. The van der Waals surface area contributed by atoms with Gasteiger partial charge < -0.3 is 14.8 Å². The zero-order valence-electron chi connectivity index (χ0n) is 22.1. The molecule has 0 fully saturated rings. The van der Waals surface area contributed by atoms with E-state index in [0.717, 1.165) is 41.5 Å². The first kappa shape index (κ1) is 27.1. The Morgan fingerprint density at radius 2 is 1.42 bits per heavy atom. The first-order valence-electron chi connectivity index (χ1n) is 13.3. The second-order valence-corrected chi connectivity index (χ2v) is 9.76. The fourth-order valence-electron chi connectivity index (χ4n) is 4.96. The summed E-state index contributed by atoms with van der Waals surface area (Å²) in [6.45, 7) is 3.88. The van der Waals surface area contributed by atoms with E-state index in [2.05, 4.69) is 36.5 Å². The number of hydrogen-bond acceptors (Lipinski definition) is 5. The van der Waals surface area contributed by atoms with Crippen LogP contribution in [-0.4, -0.2) is 30.5 Å². The van der Waals surface area contributed by atoms with Crippen LogP contribution in [0.1, 0.15) is 67.7 Å². The number of nitrogens with one attached hydrogen (secondary N) is 1. The van der Waals surface area contributed by atoms with Crippen LogP contribution in [0.4, 0.5) is 4.79 Å². The van der Waals surface area contributed by atoms with Gasteiger partial charge in [-0.3, -0.25) is 9.59 Å². The molecule has 38 heavy (non-hydrogen) atoms. The Labute approximate surface area is 224 Å². The van der Waals surface area contributed by atoms with Crippen LogP contribution in [0.15, 0.2) is 72.8 Å². The van der Waals surface area contributed by atoms with Crippen LogP contribution in [-0.2, 0) is 32.1 Å². The van der Waals surface area contributed by atoms with Gasteiger partial charge in [-0.2, -0.15) is 0 Å². The lowest BCUT2D eigenvalue weighted by Gasteiger charge is -2.19. The molecule has 6 nitrogen and oxygen atoms in total. The predicted molar refractivity (Wildman–Crippen MR) is 147 cm³/mol. The maximum absolute atomic E-state index is 13.2. The number of benzene rings is 3. The molecule has 3 aromatic rings. The lowest BCUT2D eigenvalue weighted by Crippen LogP contribution is -2.42. The molecule has 0 bridgehead atoms. The Kier molecular flexibility index (Phi) is 9.30. The van der Waals surface area contributed by atoms with E-state index in [9.17, 15) is 14.4 Å². The maximum Gasteiger partial charge on any atom is 0.407 e. The van der Waals surface area contributed by atoms with E-state index < -0.39 is 12.1 Å². The van der Waals surface area contributed by atoms with Gasteiger partial charge in [0, 0.05) is 19.3 Å². The van der Waals surface area contributed by atoms with E-state index >= 15 is 0 Å². The third-order valence-corrected chi connectivity index (χ3v) is 6.96. The van der Waals surface area contributed by atoms with Gasteiger partial charge in [-0.1, -0.05) is 99.0 Å². The topological polar surface area (TPSA) is 81.7 Å². The van der Waals surface area contributed by atoms with E-state index in [1.807, 2.05) is 48.5 Å². The van der Waals surface area contributed by atoms with E-state index in [0.29, 0.717) is 6.42 Å². The van der Waals surface area contributed by atoms with Crippen LogP contribution in [0.25, 0.3) is 11.1 Å². The molecule has 1 atom stereocenters. The summed E-state index contributed by atoms with van der Waals surface area (Å²) in [5.41, 5.74) is 6.33. The first-order chi connectivity index (χ1) is 18.5. The van der Waals surface area contributed by atoms with Gasteiger partial charge in [-0.25, -0.2) is 4.79 Å². The van der Waals surface area contributed by atoms with Crippen molar-refractivity contribution in [2.75, 3.05) is 6.61 Å². The summed E-state index contributed by atoms with van der Waals surface area (Å²) in [7, 11) is 0. The molecule has 0 radical (unpaired) electrons. The molecule has 3 aromatic carbocycles. The molecule has 0 unspecified atom stereocenters. The third kappa shape index (κ3) is 6.88. The van der Waals surface area contributed by atoms with Crippen molar-refractivity contribution < 1.29 is 23.9 Å². The van der Waals surface area contributed by atoms with Gasteiger partial charge in [0.2, 0.25) is 0 Å². The van der Waals surface area contributed by atoms with Crippen molar-refractivity contribution in [3.63, 3.8) is 0 Å². The lowest BCUT2D eigenvalue weighted by molar-refractivity contribution is -0.142. The number of carbonyl (C=O) groups is 3. The number of carbonyl (C=O) groups excluding carboxylic acids is 3. The van der Waals surface area contributed by atoms with E-state index in [1.165, 1.54) is 18.1 Å². The minimum atomic E-state index is -0.613. The fraction of sp³-hybridized carbons (Fsp3) is 0.344. The van der Waals surface area contributed by atoms with Crippen molar-refractivity contribution >= 4 is 17.8 Å². The minimum Gasteiger partial charge on any atom is -0.461 e. The van der Waals surface area contributed by atoms with Gasteiger partial charge in [0.25, 0.3) is 0 Å². The monoisotopic (exact) mass is 513 g/mol. The van der Waals surface area contributed by atoms with Crippen molar-refractivity contribution in [3.05, 3.63) is 95.1 Å². The van der Waals surface area contributed by atoms with Gasteiger partial charge in [-0.15, -0.1) is 0 Å². The van der Waals surface area contributed by atoms with Crippen LogP contribution < -0.4 is 5.32 Å². The number of ketones is 1. The molecule has 198 valence electrons. The second kappa shape index (κ2) is 13.0. The number of hydrogen-bond donors (Lipinski definition) is 1. The molecular weight excluding hydrogens is 478 g/mol. The molecule has 4 rings (SSSR count). The van der Waals surface area contributed by atoms with Crippen molar-refractivity contribution in [3.8, 4) is 11.1 Å². The van der Waals surface area contributed by atoms with Crippen LogP contribution in [0.3, 0.4) is 0 Å². The van der Waals surface area contributed by atoms with Gasteiger partial charge in [-0.05, 0) is 39.8 Å². The molecule has 0 heterocycles. The van der Waals surface area contributed by atoms with Gasteiger partial charge in [0.15, 0.2) is 5.78 Å². The molecule has 1 N–H and O–H groups in total. The molecule has 1 aliphatic rings. The molecule has 0 saturated heterocycles. The minimum absolute atomic E-state index is 0.0344. The van der Waals surface area contributed by atoms with Gasteiger partial charge >= 0.3 is 12.1 Å². The highest BCUT2D eigenvalue weighted by molar-refractivity contribution is 5.89. The normalized spacial score (nSPS) is 12.8. The van der Waals surface area contributed by atoms with Crippen LogP contribution in [0.2, 0.25) is 0 Å². The van der Waals surface area contributed by atoms with E-state index in [-0.39, 0.29) is 37.3 Å². The molecule has 1 aliphatic carbocycles. The SMILES string of the molecule is CCCCC[C@H](NC(=O)OCC1c2ccccc2-c2ccccc21)C(=O)Cc1ccc(COC(C)=O)cc1. The van der Waals surface area contributed by atoms with Crippen molar-refractivity contribution in [1.29, 1.82) is 0 Å². The number of esters is 1. The Balaban J connectivity index is 1.37. The average Bonchev–Trinajstić information content (AvgIpc) is 3.24. The summed E-state index contributed by atoms with van der Waals surface area (Å²) in [5, 5.41) is 2.84. The van der Waals surface area contributed by atoms with E-state index in [1.54, 1.807) is 0 Å². The Bertz CT molecular complexity index is 1220. The smallest absolute Gasteiger partial charge is 0.407 e. The molecule has 0 aromatic heterocycles. The van der Waals surface area contributed by atoms with Crippen LogP contribution in [0, 0.1) is 0 Å². The van der Waals surface area contributed by atoms with Crippen molar-refractivity contribution in [2.45, 2.75) is 64.5 Å².